The molecule has 1 saturated heterocycles. The summed E-state index contributed by atoms with van der Waals surface area (Å²) in [7, 11) is 0. The zero-order valence-electron chi connectivity index (χ0n) is 9.31. The monoisotopic (exact) mass is 305 g/mol. The molecule has 1 aliphatic heterocycles. The van der Waals surface area contributed by atoms with Gasteiger partial charge < -0.3 is 10.1 Å². The van der Waals surface area contributed by atoms with Crippen LogP contribution in [0, 0.1) is 11.6 Å². The first-order chi connectivity index (χ1) is 8.16. The van der Waals surface area contributed by atoms with Crippen LogP contribution in [0.1, 0.15) is 19.3 Å². The van der Waals surface area contributed by atoms with Gasteiger partial charge in [-0.15, -0.1) is 0 Å². The predicted molar refractivity (Wildman–Crippen MR) is 66.1 cm³/mol. The lowest BCUT2D eigenvalue weighted by molar-refractivity contribution is 0.144. The normalized spacial score (nSPS) is 21.0. The number of nitrogens with one attached hydrogen (secondary N) is 1. The smallest absolute Gasteiger partial charge is 0.150 e. The van der Waals surface area contributed by atoms with Crippen LogP contribution in [-0.4, -0.2) is 19.3 Å². The van der Waals surface area contributed by atoms with Crippen molar-refractivity contribution in [2.45, 2.75) is 25.3 Å². The van der Waals surface area contributed by atoms with Crippen LogP contribution in [0.25, 0.3) is 0 Å². The fourth-order valence-electron chi connectivity index (χ4n) is 1.93. The Hall–Kier alpha value is -0.680. The molecule has 2 rings (SSSR count). The maximum absolute atomic E-state index is 13.6. The van der Waals surface area contributed by atoms with Gasteiger partial charge in [0.25, 0.3) is 0 Å². The summed E-state index contributed by atoms with van der Waals surface area (Å²) in [5, 5.41) is 2.93. The Morgan fingerprint density at radius 3 is 2.59 bits per heavy atom. The van der Waals surface area contributed by atoms with E-state index >= 15 is 0 Å². The third kappa shape index (κ3) is 3.39. The number of ether oxygens (including phenoxy) is 1. The molecule has 94 valence electrons. The summed E-state index contributed by atoms with van der Waals surface area (Å²) in [5.41, 5.74) is -0.0416. The second kappa shape index (κ2) is 5.78. The average Bonchev–Trinajstić information content (AvgIpc) is 2.51. The molecule has 1 aliphatic rings. The highest BCUT2D eigenvalue weighted by Gasteiger charge is 2.17. The third-order valence-electron chi connectivity index (χ3n) is 2.81. The fraction of sp³-hybridized carbons (Fsp3) is 0.500. The van der Waals surface area contributed by atoms with Crippen molar-refractivity contribution in [2.24, 2.45) is 0 Å². The van der Waals surface area contributed by atoms with Crippen LogP contribution in [0.5, 0.6) is 0 Å². The number of halogens is 3. The van der Waals surface area contributed by atoms with Gasteiger partial charge in [-0.2, -0.15) is 0 Å². The molecular weight excluding hydrogens is 292 g/mol. The summed E-state index contributed by atoms with van der Waals surface area (Å²) >= 11 is 3.06. The maximum Gasteiger partial charge on any atom is 0.150 e. The molecule has 1 heterocycles. The first kappa shape index (κ1) is 12.8. The van der Waals surface area contributed by atoms with E-state index in [9.17, 15) is 8.78 Å². The van der Waals surface area contributed by atoms with E-state index in [1.807, 2.05) is 0 Å². The summed E-state index contributed by atoms with van der Waals surface area (Å²) in [5.74, 6) is -1.14. The molecule has 1 aromatic carbocycles. The Labute approximate surface area is 107 Å². The van der Waals surface area contributed by atoms with Gasteiger partial charge in [0.15, 0.2) is 0 Å². The molecule has 0 amide bonds. The first-order valence-electron chi connectivity index (χ1n) is 5.65. The van der Waals surface area contributed by atoms with Gasteiger partial charge in [-0.1, -0.05) is 15.9 Å². The molecule has 0 saturated carbocycles. The molecule has 0 aromatic heterocycles. The van der Waals surface area contributed by atoms with Crippen LogP contribution in [0.2, 0.25) is 0 Å². The quantitative estimate of drug-likeness (QED) is 0.899. The molecule has 1 unspecified atom stereocenters. The highest BCUT2D eigenvalue weighted by atomic mass is 79.9. The van der Waals surface area contributed by atoms with E-state index in [1.54, 1.807) is 0 Å². The molecule has 1 aromatic rings. The van der Waals surface area contributed by atoms with Crippen LogP contribution in [0.4, 0.5) is 14.5 Å². The van der Waals surface area contributed by atoms with Crippen molar-refractivity contribution in [1.82, 2.24) is 0 Å². The highest BCUT2D eigenvalue weighted by molar-refractivity contribution is 9.10. The van der Waals surface area contributed by atoms with Crippen LogP contribution in [0.15, 0.2) is 16.6 Å². The summed E-state index contributed by atoms with van der Waals surface area (Å²) in [6.45, 7) is 1.36. The van der Waals surface area contributed by atoms with E-state index in [0.717, 1.165) is 25.9 Å². The third-order valence-corrected chi connectivity index (χ3v) is 3.27. The standard InChI is InChI=1S/C12H14BrF2NO/c13-8-6-10(14)12(11(15)7-8)16-9-2-1-4-17-5-3-9/h6-7,9,16H,1-5H2. The van der Waals surface area contributed by atoms with Gasteiger partial charge in [-0.3, -0.25) is 0 Å². The van der Waals surface area contributed by atoms with Crippen molar-refractivity contribution >= 4 is 21.6 Å². The number of hydrogen-bond donors (Lipinski definition) is 1. The van der Waals surface area contributed by atoms with E-state index < -0.39 is 11.6 Å². The molecule has 0 radical (unpaired) electrons. The van der Waals surface area contributed by atoms with Crippen molar-refractivity contribution < 1.29 is 13.5 Å². The van der Waals surface area contributed by atoms with E-state index in [0.29, 0.717) is 11.1 Å². The van der Waals surface area contributed by atoms with Crippen LogP contribution in [0.3, 0.4) is 0 Å². The van der Waals surface area contributed by atoms with Crippen molar-refractivity contribution in [1.29, 1.82) is 0 Å². The zero-order valence-corrected chi connectivity index (χ0v) is 10.9. The second-order valence-electron chi connectivity index (χ2n) is 4.13. The van der Waals surface area contributed by atoms with Gasteiger partial charge in [0.05, 0.1) is 0 Å². The molecule has 1 N–H and O–H groups in total. The SMILES string of the molecule is Fc1cc(Br)cc(F)c1NC1CCCOCC1. The largest absolute Gasteiger partial charge is 0.381 e. The Kier molecular flexibility index (Phi) is 4.34. The number of rotatable bonds is 2. The Bertz CT molecular complexity index is 369. The summed E-state index contributed by atoms with van der Waals surface area (Å²) in [6.07, 6.45) is 2.56. The van der Waals surface area contributed by atoms with Crippen molar-refractivity contribution in [3.8, 4) is 0 Å². The van der Waals surface area contributed by atoms with E-state index in [1.165, 1.54) is 12.1 Å². The topological polar surface area (TPSA) is 21.3 Å². The predicted octanol–water partition coefficient (Wildman–Crippen LogP) is 3.71. The molecular formula is C12H14BrF2NO. The maximum atomic E-state index is 13.6. The minimum absolute atomic E-state index is 0.0416. The van der Waals surface area contributed by atoms with Crippen LogP contribution < -0.4 is 5.32 Å². The lowest BCUT2D eigenvalue weighted by Gasteiger charge is -2.18. The second-order valence-corrected chi connectivity index (χ2v) is 5.04. The lowest BCUT2D eigenvalue weighted by atomic mass is 10.1. The Morgan fingerprint density at radius 1 is 1.18 bits per heavy atom. The van der Waals surface area contributed by atoms with E-state index in [-0.39, 0.29) is 11.7 Å². The first-order valence-corrected chi connectivity index (χ1v) is 6.45. The number of hydrogen-bond acceptors (Lipinski definition) is 2. The van der Waals surface area contributed by atoms with E-state index in [4.69, 9.17) is 4.74 Å². The molecule has 2 nitrogen and oxygen atoms in total. The van der Waals surface area contributed by atoms with E-state index in [2.05, 4.69) is 21.2 Å². The Balaban J connectivity index is 2.11. The lowest BCUT2D eigenvalue weighted by Crippen LogP contribution is -2.21. The summed E-state index contributed by atoms with van der Waals surface area (Å²) in [4.78, 5) is 0. The molecule has 0 spiro atoms. The summed E-state index contributed by atoms with van der Waals surface area (Å²) in [6, 6.07) is 2.60. The van der Waals surface area contributed by atoms with Gasteiger partial charge in [0.2, 0.25) is 0 Å². The highest BCUT2D eigenvalue weighted by Crippen LogP contribution is 2.25. The Morgan fingerprint density at radius 2 is 1.88 bits per heavy atom. The average molecular weight is 306 g/mol. The summed E-state index contributed by atoms with van der Waals surface area (Å²) < 4.78 is 32.9. The molecule has 0 aliphatic carbocycles. The molecule has 0 bridgehead atoms. The van der Waals surface area contributed by atoms with Crippen LogP contribution in [-0.2, 0) is 4.74 Å². The van der Waals surface area contributed by atoms with Crippen molar-refractivity contribution in [2.75, 3.05) is 18.5 Å². The van der Waals surface area contributed by atoms with Gasteiger partial charge in [0, 0.05) is 23.7 Å². The molecule has 1 fully saturated rings. The van der Waals surface area contributed by atoms with Crippen molar-refractivity contribution in [3.63, 3.8) is 0 Å². The zero-order chi connectivity index (χ0) is 12.3. The molecule has 17 heavy (non-hydrogen) atoms. The fourth-order valence-corrected chi connectivity index (χ4v) is 2.33. The number of benzene rings is 1. The van der Waals surface area contributed by atoms with Crippen LogP contribution >= 0.6 is 15.9 Å². The van der Waals surface area contributed by atoms with Crippen molar-refractivity contribution in [3.05, 3.63) is 28.2 Å². The van der Waals surface area contributed by atoms with Gasteiger partial charge in [-0.05, 0) is 31.4 Å². The number of anilines is 1. The van der Waals surface area contributed by atoms with Gasteiger partial charge in [-0.25, -0.2) is 8.78 Å². The minimum atomic E-state index is -0.568. The molecule has 5 heteroatoms. The van der Waals surface area contributed by atoms with Gasteiger partial charge >= 0.3 is 0 Å². The molecule has 1 atom stereocenters. The van der Waals surface area contributed by atoms with Gasteiger partial charge in [0.1, 0.15) is 17.3 Å². The minimum Gasteiger partial charge on any atom is -0.381 e.